The van der Waals surface area contributed by atoms with Crippen molar-refractivity contribution in [2.45, 2.75) is 33.2 Å². The number of aliphatic hydroxyl groups is 1. The number of phenols is 2. The molecule has 1 saturated heterocycles. The van der Waals surface area contributed by atoms with Crippen LogP contribution in [0.4, 0.5) is 0 Å². The standard InChI is InChI=1S/C26H34N4O4/c1-4-29-26(34)24(27)23(25(33)20-13-19(16(2)3)21(31)14-22(20)32)18-7-5-17(6-8-18)15-30-11-9-28-10-12-30/h5-8,13-14,16,27-28,31-33H,4,9-12,15H2,1-3H3,(H,29,34)/b25-23-,27-24?. The molecule has 1 heterocycles. The minimum Gasteiger partial charge on any atom is -0.508 e. The lowest BCUT2D eigenvalue weighted by Crippen LogP contribution is -2.42. The predicted molar refractivity (Wildman–Crippen MR) is 134 cm³/mol. The van der Waals surface area contributed by atoms with E-state index < -0.39 is 17.4 Å². The Labute approximate surface area is 200 Å². The lowest BCUT2D eigenvalue weighted by Gasteiger charge is -2.27. The average molecular weight is 467 g/mol. The van der Waals surface area contributed by atoms with Crippen LogP contribution in [0.1, 0.15) is 48.9 Å². The first-order chi connectivity index (χ1) is 16.2. The van der Waals surface area contributed by atoms with Crippen molar-refractivity contribution in [3.63, 3.8) is 0 Å². The van der Waals surface area contributed by atoms with Crippen LogP contribution in [0.5, 0.6) is 11.5 Å². The molecule has 0 spiro atoms. The number of amides is 1. The average Bonchev–Trinajstić information content (AvgIpc) is 2.80. The number of nitrogens with zero attached hydrogens (tertiary/aromatic N) is 1. The third-order valence-corrected chi connectivity index (χ3v) is 5.93. The lowest BCUT2D eigenvalue weighted by atomic mass is 9.92. The van der Waals surface area contributed by atoms with Gasteiger partial charge in [0, 0.05) is 45.3 Å². The van der Waals surface area contributed by atoms with Crippen LogP contribution in [-0.4, -0.2) is 64.6 Å². The van der Waals surface area contributed by atoms with Crippen molar-refractivity contribution in [3.8, 4) is 11.5 Å². The summed E-state index contributed by atoms with van der Waals surface area (Å²) in [6.07, 6.45) is 0. The van der Waals surface area contributed by atoms with Crippen LogP contribution in [0.25, 0.3) is 11.3 Å². The number of carbonyl (C=O) groups excluding carboxylic acids is 1. The highest BCUT2D eigenvalue weighted by atomic mass is 16.3. The van der Waals surface area contributed by atoms with E-state index in [0.29, 0.717) is 17.7 Å². The molecule has 2 aromatic rings. The molecule has 0 aliphatic carbocycles. The number of aliphatic hydroxyl groups excluding tert-OH is 1. The van der Waals surface area contributed by atoms with Crippen LogP contribution in [0.3, 0.4) is 0 Å². The highest BCUT2D eigenvalue weighted by molar-refractivity contribution is 6.56. The topological polar surface area (TPSA) is 129 Å². The molecular weight excluding hydrogens is 432 g/mol. The molecule has 3 rings (SSSR count). The van der Waals surface area contributed by atoms with Gasteiger partial charge in [0.2, 0.25) is 0 Å². The molecule has 2 aromatic carbocycles. The molecule has 0 atom stereocenters. The van der Waals surface area contributed by atoms with Crippen molar-refractivity contribution >= 4 is 23.0 Å². The van der Waals surface area contributed by atoms with Crippen LogP contribution in [0.15, 0.2) is 36.4 Å². The molecule has 182 valence electrons. The van der Waals surface area contributed by atoms with Gasteiger partial charge in [-0.1, -0.05) is 38.1 Å². The molecule has 0 radical (unpaired) electrons. The second-order valence-corrected chi connectivity index (χ2v) is 8.76. The lowest BCUT2D eigenvalue weighted by molar-refractivity contribution is -0.114. The summed E-state index contributed by atoms with van der Waals surface area (Å²) in [7, 11) is 0. The van der Waals surface area contributed by atoms with E-state index in [0.717, 1.165) is 38.3 Å². The van der Waals surface area contributed by atoms with Gasteiger partial charge >= 0.3 is 0 Å². The molecule has 0 saturated carbocycles. The molecule has 6 N–H and O–H groups in total. The number of phenolic OH excluding ortho intramolecular Hbond substituents is 2. The quantitative estimate of drug-likeness (QED) is 0.201. The van der Waals surface area contributed by atoms with Crippen LogP contribution in [-0.2, 0) is 11.3 Å². The largest absolute Gasteiger partial charge is 0.508 e. The number of carbonyl (C=O) groups is 1. The number of rotatable bonds is 8. The van der Waals surface area contributed by atoms with Gasteiger partial charge in [-0.3, -0.25) is 15.1 Å². The first kappa shape index (κ1) is 25.3. The second-order valence-electron chi connectivity index (χ2n) is 8.76. The van der Waals surface area contributed by atoms with E-state index in [1.54, 1.807) is 19.1 Å². The number of hydrogen-bond acceptors (Lipinski definition) is 7. The Balaban J connectivity index is 2.05. The van der Waals surface area contributed by atoms with Crippen molar-refractivity contribution in [2.24, 2.45) is 0 Å². The van der Waals surface area contributed by atoms with E-state index in [-0.39, 0.29) is 28.6 Å². The van der Waals surface area contributed by atoms with Gasteiger partial charge in [0.15, 0.2) is 0 Å². The van der Waals surface area contributed by atoms with Gasteiger partial charge in [-0.15, -0.1) is 0 Å². The predicted octanol–water partition coefficient (Wildman–Crippen LogP) is 3.21. The van der Waals surface area contributed by atoms with E-state index >= 15 is 0 Å². The fraction of sp³-hybridized carbons (Fsp3) is 0.385. The number of hydrogen-bond donors (Lipinski definition) is 6. The zero-order chi connectivity index (χ0) is 24.8. The maximum absolute atomic E-state index is 12.5. The molecule has 0 unspecified atom stereocenters. The Hall–Kier alpha value is -3.36. The molecule has 1 aliphatic rings. The number of piperazine rings is 1. The van der Waals surface area contributed by atoms with Gasteiger partial charge in [0.05, 0.1) is 11.1 Å². The Morgan fingerprint density at radius 2 is 1.76 bits per heavy atom. The molecule has 1 aliphatic heterocycles. The van der Waals surface area contributed by atoms with E-state index in [9.17, 15) is 20.1 Å². The maximum atomic E-state index is 12.5. The summed E-state index contributed by atoms with van der Waals surface area (Å²) in [5.41, 5.74) is 1.76. The van der Waals surface area contributed by atoms with Crippen molar-refractivity contribution in [3.05, 3.63) is 58.7 Å². The zero-order valence-corrected chi connectivity index (χ0v) is 20.0. The van der Waals surface area contributed by atoms with Gasteiger partial charge < -0.3 is 26.0 Å². The Kier molecular flexibility index (Phi) is 8.31. The number of aromatic hydroxyl groups is 2. The Morgan fingerprint density at radius 1 is 1.12 bits per heavy atom. The fourth-order valence-electron chi connectivity index (χ4n) is 4.05. The summed E-state index contributed by atoms with van der Waals surface area (Å²) < 4.78 is 0. The number of nitrogens with one attached hydrogen (secondary N) is 3. The number of benzene rings is 2. The summed E-state index contributed by atoms with van der Waals surface area (Å²) in [6, 6.07) is 10.1. The SMILES string of the molecule is CCNC(=O)C(=N)/C(=C(\O)c1cc(C(C)C)c(O)cc1O)c1ccc(CN2CCNCC2)cc1. The molecule has 0 bridgehead atoms. The Morgan fingerprint density at radius 3 is 2.35 bits per heavy atom. The van der Waals surface area contributed by atoms with Crippen molar-refractivity contribution in [1.82, 2.24) is 15.5 Å². The molecular formula is C26H34N4O4. The van der Waals surface area contributed by atoms with Crippen molar-refractivity contribution in [1.29, 1.82) is 5.41 Å². The monoisotopic (exact) mass is 466 g/mol. The van der Waals surface area contributed by atoms with E-state index in [1.165, 1.54) is 12.1 Å². The minimum absolute atomic E-state index is 0.00960. The summed E-state index contributed by atoms with van der Waals surface area (Å²) in [4.78, 5) is 14.9. The summed E-state index contributed by atoms with van der Waals surface area (Å²) in [5, 5.41) is 46.3. The van der Waals surface area contributed by atoms with E-state index in [2.05, 4.69) is 15.5 Å². The Bertz CT molecular complexity index is 1070. The highest BCUT2D eigenvalue weighted by Gasteiger charge is 2.24. The van der Waals surface area contributed by atoms with Crippen LogP contribution in [0, 0.1) is 5.41 Å². The molecule has 8 nitrogen and oxygen atoms in total. The minimum atomic E-state index is -0.628. The van der Waals surface area contributed by atoms with E-state index in [1.807, 2.05) is 26.0 Å². The third kappa shape index (κ3) is 5.76. The normalized spacial score (nSPS) is 15.2. The van der Waals surface area contributed by atoms with E-state index in [4.69, 9.17) is 5.41 Å². The summed E-state index contributed by atoms with van der Waals surface area (Å²) >= 11 is 0. The molecule has 1 fully saturated rings. The summed E-state index contributed by atoms with van der Waals surface area (Å²) in [5.74, 6) is -1.51. The van der Waals surface area contributed by atoms with Gasteiger partial charge in [-0.2, -0.15) is 0 Å². The van der Waals surface area contributed by atoms with Crippen LogP contribution < -0.4 is 10.6 Å². The zero-order valence-electron chi connectivity index (χ0n) is 20.0. The van der Waals surface area contributed by atoms with Gasteiger partial charge in [-0.25, -0.2) is 0 Å². The molecule has 1 amide bonds. The second kappa shape index (κ2) is 11.2. The van der Waals surface area contributed by atoms with Gasteiger partial charge in [0.1, 0.15) is 23.0 Å². The third-order valence-electron chi connectivity index (χ3n) is 5.93. The van der Waals surface area contributed by atoms with Gasteiger partial charge in [-0.05, 0) is 35.6 Å². The van der Waals surface area contributed by atoms with Crippen molar-refractivity contribution in [2.75, 3.05) is 32.7 Å². The molecule has 0 aromatic heterocycles. The van der Waals surface area contributed by atoms with Crippen molar-refractivity contribution < 1.29 is 20.1 Å². The van der Waals surface area contributed by atoms with Gasteiger partial charge in [0.25, 0.3) is 5.91 Å². The van der Waals surface area contributed by atoms with Crippen LogP contribution >= 0.6 is 0 Å². The first-order valence-electron chi connectivity index (χ1n) is 11.6. The molecule has 34 heavy (non-hydrogen) atoms. The maximum Gasteiger partial charge on any atom is 0.269 e. The summed E-state index contributed by atoms with van der Waals surface area (Å²) in [6.45, 7) is 10.5. The molecule has 8 heteroatoms. The first-order valence-corrected chi connectivity index (χ1v) is 11.6. The smallest absolute Gasteiger partial charge is 0.269 e. The highest BCUT2D eigenvalue weighted by Crippen LogP contribution is 2.37. The fourth-order valence-corrected chi connectivity index (χ4v) is 4.05. The van der Waals surface area contributed by atoms with Crippen LogP contribution in [0.2, 0.25) is 0 Å².